The lowest BCUT2D eigenvalue weighted by Crippen LogP contribution is -2.44. The second kappa shape index (κ2) is 8.56. The van der Waals surface area contributed by atoms with Crippen LogP contribution in [0.2, 0.25) is 0 Å². The summed E-state index contributed by atoms with van der Waals surface area (Å²) < 4.78 is 11.2. The highest BCUT2D eigenvalue weighted by Gasteiger charge is 2.44. The summed E-state index contributed by atoms with van der Waals surface area (Å²) in [6.07, 6.45) is 3.04. The molecule has 1 spiro atoms. The van der Waals surface area contributed by atoms with Crippen LogP contribution in [0, 0.1) is 5.41 Å². The van der Waals surface area contributed by atoms with Gasteiger partial charge >= 0.3 is 0 Å². The monoisotopic (exact) mass is 433 g/mol. The minimum atomic E-state index is 0.327. The van der Waals surface area contributed by atoms with E-state index in [1.54, 1.807) is 0 Å². The molecule has 0 atom stereocenters. The Morgan fingerprint density at radius 2 is 2.06 bits per heavy atom. The number of rotatable bonds is 7. The molecular formula is C25H31N5O2. The molecule has 1 aromatic carbocycles. The van der Waals surface area contributed by atoms with Gasteiger partial charge in [0, 0.05) is 73.7 Å². The fourth-order valence-corrected chi connectivity index (χ4v) is 4.53. The van der Waals surface area contributed by atoms with Crippen LogP contribution in [-0.2, 0) is 4.74 Å². The molecule has 2 aromatic heterocycles. The first-order valence-corrected chi connectivity index (χ1v) is 11.3. The molecule has 0 amide bonds. The molecule has 2 aliphatic rings. The highest BCUT2D eigenvalue weighted by atomic mass is 16.5. The third-order valence-electron chi connectivity index (χ3n) is 6.52. The largest absolute Gasteiger partial charge is 0.476 e. The van der Waals surface area contributed by atoms with Crippen molar-refractivity contribution in [3.8, 4) is 17.1 Å². The number of hydrogen-bond acceptors (Lipinski definition) is 7. The van der Waals surface area contributed by atoms with E-state index in [4.69, 9.17) is 14.5 Å². The summed E-state index contributed by atoms with van der Waals surface area (Å²) in [7, 11) is 6.03. The van der Waals surface area contributed by atoms with Gasteiger partial charge in [0.05, 0.1) is 24.4 Å². The minimum Gasteiger partial charge on any atom is -0.476 e. The van der Waals surface area contributed by atoms with E-state index >= 15 is 0 Å². The number of pyridine rings is 2. The van der Waals surface area contributed by atoms with Crippen molar-refractivity contribution in [1.82, 2.24) is 15.3 Å². The van der Waals surface area contributed by atoms with Crippen molar-refractivity contribution in [3.63, 3.8) is 0 Å². The number of ether oxygens (including phenoxy) is 2. The molecule has 3 aromatic rings. The van der Waals surface area contributed by atoms with Crippen molar-refractivity contribution in [3.05, 3.63) is 42.6 Å². The van der Waals surface area contributed by atoms with E-state index in [0.717, 1.165) is 55.3 Å². The Kier molecular flexibility index (Phi) is 5.61. The Hall–Kier alpha value is -2.90. The molecule has 168 valence electrons. The van der Waals surface area contributed by atoms with Gasteiger partial charge in [0.2, 0.25) is 5.88 Å². The number of aromatic nitrogens is 2. The van der Waals surface area contributed by atoms with E-state index < -0.39 is 0 Å². The van der Waals surface area contributed by atoms with E-state index in [0.29, 0.717) is 17.9 Å². The Morgan fingerprint density at radius 3 is 2.72 bits per heavy atom. The van der Waals surface area contributed by atoms with E-state index in [9.17, 15) is 0 Å². The molecule has 7 heteroatoms. The van der Waals surface area contributed by atoms with Crippen molar-refractivity contribution in [2.24, 2.45) is 5.41 Å². The van der Waals surface area contributed by atoms with Crippen molar-refractivity contribution < 1.29 is 9.47 Å². The van der Waals surface area contributed by atoms with Gasteiger partial charge in [0.25, 0.3) is 0 Å². The predicted octanol–water partition coefficient (Wildman–Crippen LogP) is 3.19. The lowest BCUT2D eigenvalue weighted by molar-refractivity contribution is -0.0985. The van der Waals surface area contributed by atoms with Gasteiger partial charge in [0.1, 0.15) is 6.61 Å². The maximum atomic E-state index is 5.68. The average Bonchev–Trinajstić information content (AvgIpc) is 3.25. The molecule has 0 unspecified atom stereocenters. The van der Waals surface area contributed by atoms with E-state index in [1.165, 1.54) is 17.5 Å². The maximum Gasteiger partial charge on any atom is 0.213 e. The lowest BCUT2D eigenvalue weighted by Gasteiger charge is -2.38. The van der Waals surface area contributed by atoms with Crippen LogP contribution in [-0.4, -0.2) is 70.6 Å². The molecule has 0 saturated carbocycles. The number of nitrogens with zero attached hydrogens (tertiary/aromatic N) is 4. The van der Waals surface area contributed by atoms with Gasteiger partial charge in [0.15, 0.2) is 0 Å². The van der Waals surface area contributed by atoms with Crippen LogP contribution >= 0.6 is 0 Å². The zero-order chi connectivity index (χ0) is 22.1. The molecular weight excluding hydrogens is 402 g/mol. The standard InChI is InChI=1S/C25H31N5O2/c1-26-9-11-32-24-7-4-18(14-27-24)21-13-23(30-10-8-25(15-30)16-31-17-25)20-6-5-19(29(2)3)12-22(20)28-21/h4-7,12-14,26H,8-11,15-17H2,1-3H3. The first kappa shape index (κ1) is 21.0. The summed E-state index contributed by atoms with van der Waals surface area (Å²) in [5.74, 6) is 0.631. The average molecular weight is 434 g/mol. The number of anilines is 2. The van der Waals surface area contributed by atoms with Crippen LogP contribution in [0.1, 0.15) is 6.42 Å². The number of hydrogen-bond donors (Lipinski definition) is 1. The summed E-state index contributed by atoms with van der Waals surface area (Å²) in [6.45, 7) is 5.22. The second-order valence-electron chi connectivity index (χ2n) is 9.12. The molecule has 4 heterocycles. The molecule has 2 fully saturated rings. The number of nitrogens with one attached hydrogen (secondary N) is 1. The smallest absolute Gasteiger partial charge is 0.213 e. The molecule has 5 rings (SSSR count). The van der Waals surface area contributed by atoms with E-state index in [-0.39, 0.29) is 0 Å². The van der Waals surface area contributed by atoms with Crippen molar-refractivity contribution in [2.45, 2.75) is 6.42 Å². The Morgan fingerprint density at radius 1 is 1.19 bits per heavy atom. The SMILES string of the molecule is CNCCOc1ccc(-c2cc(N3CCC4(COC4)C3)c3ccc(N(C)C)cc3n2)cn1. The van der Waals surface area contributed by atoms with Gasteiger partial charge in [-0.15, -0.1) is 0 Å². The van der Waals surface area contributed by atoms with Crippen LogP contribution < -0.4 is 19.9 Å². The van der Waals surface area contributed by atoms with E-state index in [1.807, 2.05) is 25.4 Å². The summed E-state index contributed by atoms with van der Waals surface area (Å²) in [5.41, 5.74) is 5.64. The van der Waals surface area contributed by atoms with Gasteiger partial charge < -0.3 is 24.6 Å². The first-order chi connectivity index (χ1) is 15.6. The molecule has 2 saturated heterocycles. The molecule has 1 N–H and O–H groups in total. The molecule has 0 aliphatic carbocycles. The van der Waals surface area contributed by atoms with Crippen molar-refractivity contribution >= 4 is 22.3 Å². The van der Waals surface area contributed by atoms with Gasteiger partial charge in [-0.1, -0.05) is 0 Å². The number of likely N-dealkylation sites (N-methyl/N-ethyl adjacent to an activating group) is 1. The van der Waals surface area contributed by atoms with Gasteiger partial charge in [-0.2, -0.15) is 0 Å². The highest BCUT2D eigenvalue weighted by molar-refractivity contribution is 5.96. The van der Waals surface area contributed by atoms with Crippen molar-refractivity contribution in [2.75, 3.05) is 70.4 Å². The van der Waals surface area contributed by atoms with Crippen LogP contribution in [0.25, 0.3) is 22.2 Å². The Labute approximate surface area is 189 Å². The molecule has 32 heavy (non-hydrogen) atoms. The zero-order valence-electron chi connectivity index (χ0n) is 19.1. The van der Waals surface area contributed by atoms with Crippen LogP contribution in [0.3, 0.4) is 0 Å². The highest BCUT2D eigenvalue weighted by Crippen LogP contribution is 2.42. The maximum absolute atomic E-state index is 5.68. The summed E-state index contributed by atoms with van der Waals surface area (Å²) >= 11 is 0. The summed E-state index contributed by atoms with van der Waals surface area (Å²) in [5, 5.41) is 4.26. The van der Waals surface area contributed by atoms with Crippen LogP contribution in [0.15, 0.2) is 42.6 Å². The van der Waals surface area contributed by atoms with Crippen LogP contribution in [0.4, 0.5) is 11.4 Å². The minimum absolute atomic E-state index is 0.327. The zero-order valence-corrected chi connectivity index (χ0v) is 19.1. The van der Waals surface area contributed by atoms with Gasteiger partial charge in [-0.25, -0.2) is 9.97 Å². The molecule has 2 aliphatic heterocycles. The molecule has 7 nitrogen and oxygen atoms in total. The Bertz CT molecular complexity index is 1100. The normalized spacial score (nSPS) is 17.0. The van der Waals surface area contributed by atoms with E-state index in [2.05, 4.69) is 58.5 Å². The molecule has 0 bridgehead atoms. The first-order valence-electron chi connectivity index (χ1n) is 11.3. The van der Waals surface area contributed by atoms with Gasteiger partial charge in [-0.3, -0.25) is 0 Å². The fraction of sp³-hybridized carbons (Fsp3) is 0.440. The van der Waals surface area contributed by atoms with Crippen molar-refractivity contribution in [1.29, 1.82) is 0 Å². The van der Waals surface area contributed by atoms with Crippen LogP contribution in [0.5, 0.6) is 5.88 Å². The lowest BCUT2D eigenvalue weighted by atomic mass is 9.85. The number of fused-ring (bicyclic) bond motifs is 1. The van der Waals surface area contributed by atoms with Gasteiger partial charge in [-0.05, 0) is 43.8 Å². The quantitative estimate of drug-likeness (QED) is 0.574. The predicted molar refractivity (Wildman–Crippen MR) is 129 cm³/mol. The third kappa shape index (κ3) is 3.98. The second-order valence-corrected chi connectivity index (χ2v) is 9.12. The molecule has 0 radical (unpaired) electrons. The summed E-state index contributed by atoms with van der Waals surface area (Å²) in [4.78, 5) is 14.1. The summed E-state index contributed by atoms with van der Waals surface area (Å²) in [6, 6.07) is 12.7. The topological polar surface area (TPSA) is 62.8 Å². The third-order valence-corrected chi connectivity index (χ3v) is 6.52. The fourth-order valence-electron chi connectivity index (χ4n) is 4.53. The number of benzene rings is 1. The Balaban J connectivity index is 1.52.